The number of esters is 1. The van der Waals surface area contributed by atoms with Crippen molar-refractivity contribution >= 4 is 39.2 Å². The third kappa shape index (κ3) is 4.50. The molecule has 33 heavy (non-hydrogen) atoms. The topological polar surface area (TPSA) is 81.2 Å². The van der Waals surface area contributed by atoms with E-state index >= 15 is 0 Å². The van der Waals surface area contributed by atoms with Crippen LogP contribution in [-0.2, 0) is 22.4 Å². The summed E-state index contributed by atoms with van der Waals surface area (Å²) in [6, 6.07) is 15.6. The van der Waals surface area contributed by atoms with Gasteiger partial charge in [0.1, 0.15) is 0 Å². The maximum atomic E-state index is 13.1. The summed E-state index contributed by atoms with van der Waals surface area (Å²) in [5.41, 5.74) is 6.18. The highest BCUT2D eigenvalue weighted by atomic mass is 32.1. The van der Waals surface area contributed by atoms with Gasteiger partial charge in [-0.05, 0) is 44.2 Å². The number of nitrogens with one attached hydrogen (secondary N) is 1. The van der Waals surface area contributed by atoms with Crippen molar-refractivity contribution in [2.75, 3.05) is 11.9 Å². The van der Waals surface area contributed by atoms with E-state index in [1.54, 1.807) is 0 Å². The Bertz CT molecular complexity index is 1340. The van der Waals surface area contributed by atoms with Crippen molar-refractivity contribution in [2.45, 2.75) is 32.6 Å². The van der Waals surface area contributed by atoms with E-state index in [4.69, 9.17) is 9.72 Å². The molecule has 0 bridgehead atoms. The number of ether oxygens (including phenoxy) is 1. The van der Waals surface area contributed by atoms with Crippen molar-refractivity contribution in [3.8, 4) is 11.3 Å². The molecule has 0 fully saturated rings. The second kappa shape index (κ2) is 9.11. The lowest BCUT2D eigenvalue weighted by Gasteiger charge is -2.19. The number of para-hydroxylation sites is 1. The minimum absolute atomic E-state index is 0.371. The second-order valence-electron chi connectivity index (χ2n) is 8.16. The second-order valence-corrected chi connectivity index (χ2v) is 9.02. The van der Waals surface area contributed by atoms with Crippen LogP contribution in [0.2, 0.25) is 0 Å². The number of fused-ring (bicyclic) bond motifs is 2. The molecule has 1 aliphatic carbocycles. The minimum Gasteiger partial charge on any atom is -0.452 e. The number of aromatic nitrogens is 2. The van der Waals surface area contributed by atoms with Crippen molar-refractivity contribution in [3.63, 3.8) is 0 Å². The summed E-state index contributed by atoms with van der Waals surface area (Å²) in [5, 5.41) is 5.86. The summed E-state index contributed by atoms with van der Waals surface area (Å²) < 4.78 is 5.44. The van der Waals surface area contributed by atoms with Crippen LogP contribution in [0.25, 0.3) is 22.2 Å². The van der Waals surface area contributed by atoms with Crippen LogP contribution in [0.3, 0.4) is 0 Å². The molecule has 4 aromatic rings. The lowest BCUT2D eigenvalue weighted by Crippen LogP contribution is -2.22. The van der Waals surface area contributed by atoms with E-state index in [2.05, 4.69) is 10.3 Å². The molecule has 0 spiro atoms. The number of aryl methyl sites for hydroxylation is 2. The van der Waals surface area contributed by atoms with Crippen LogP contribution in [-0.4, -0.2) is 28.5 Å². The van der Waals surface area contributed by atoms with Gasteiger partial charge in [-0.1, -0.05) is 48.0 Å². The van der Waals surface area contributed by atoms with Crippen LogP contribution >= 0.6 is 11.3 Å². The van der Waals surface area contributed by atoms with Gasteiger partial charge in [-0.2, -0.15) is 0 Å². The van der Waals surface area contributed by atoms with E-state index in [1.807, 2.05) is 60.8 Å². The first kappa shape index (κ1) is 21.3. The van der Waals surface area contributed by atoms with Gasteiger partial charge in [-0.3, -0.25) is 15.1 Å². The van der Waals surface area contributed by atoms with E-state index < -0.39 is 11.9 Å². The predicted octanol–water partition coefficient (Wildman–Crippen LogP) is 5.34. The zero-order chi connectivity index (χ0) is 22.8. The van der Waals surface area contributed by atoms with E-state index in [0.717, 1.165) is 59.1 Å². The predicted molar refractivity (Wildman–Crippen MR) is 130 cm³/mol. The fourth-order valence-electron chi connectivity index (χ4n) is 4.15. The quantitative estimate of drug-likeness (QED) is 0.409. The zero-order valence-electron chi connectivity index (χ0n) is 18.3. The van der Waals surface area contributed by atoms with Crippen LogP contribution in [0.4, 0.5) is 5.13 Å². The molecule has 0 saturated carbocycles. The maximum Gasteiger partial charge on any atom is 0.339 e. The molecule has 6 nitrogen and oxygen atoms in total. The number of nitrogens with zero attached hydrogens (tertiary/aromatic N) is 2. The first-order valence-corrected chi connectivity index (χ1v) is 11.9. The third-order valence-electron chi connectivity index (χ3n) is 5.81. The van der Waals surface area contributed by atoms with Crippen molar-refractivity contribution < 1.29 is 14.3 Å². The van der Waals surface area contributed by atoms with Gasteiger partial charge in [0.05, 0.1) is 16.8 Å². The van der Waals surface area contributed by atoms with Crippen LogP contribution < -0.4 is 5.32 Å². The Hall–Kier alpha value is -3.58. The number of benzene rings is 2. The van der Waals surface area contributed by atoms with Crippen molar-refractivity contribution in [3.05, 3.63) is 76.3 Å². The van der Waals surface area contributed by atoms with Gasteiger partial charge in [0, 0.05) is 22.0 Å². The molecule has 0 aliphatic heterocycles. The first-order chi connectivity index (χ1) is 16.1. The van der Waals surface area contributed by atoms with Crippen LogP contribution in [0, 0.1) is 6.92 Å². The summed E-state index contributed by atoms with van der Waals surface area (Å²) in [6.45, 7) is 1.66. The highest BCUT2D eigenvalue weighted by Gasteiger charge is 2.24. The van der Waals surface area contributed by atoms with Gasteiger partial charge in [0.15, 0.2) is 11.7 Å². The zero-order valence-corrected chi connectivity index (χ0v) is 19.1. The summed E-state index contributed by atoms with van der Waals surface area (Å²) in [5.74, 6) is -0.901. The molecule has 1 N–H and O–H groups in total. The molecular weight excluding hydrogens is 434 g/mol. The maximum absolute atomic E-state index is 13.1. The molecule has 0 radical (unpaired) electrons. The van der Waals surface area contributed by atoms with Crippen LogP contribution in [0.1, 0.15) is 40.0 Å². The molecule has 7 heteroatoms. The number of pyridine rings is 1. The lowest BCUT2D eigenvalue weighted by atomic mass is 9.90. The Morgan fingerprint density at radius 3 is 2.67 bits per heavy atom. The fraction of sp³-hybridized carbons (Fsp3) is 0.231. The molecule has 1 aliphatic rings. The standard InChI is InChI=1S/C26H23N3O3S/c1-16-10-12-17(13-11-16)22-15-33-26(28-22)29-23(30)14-32-25(31)24-18-6-2-4-8-20(18)27-21-9-5-3-7-19(21)24/h2,4,6,8,10-13,15H,3,5,7,9,14H2,1H3,(H,28,29,30). The highest BCUT2D eigenvalue weighted by molar-refractivity contribution is 7.14. The average Bonchev–Trinajstić information content (AvgIpc) is 3.29. The molecule has 166 valence electrons. The van der Waals surface area contributed by atoms with E-state index in [0.29, 0.717) is 10.7 Å². The summed E-state index contributed by atoms with van der Waals surface area (Å²) in [6.07, 6.45) is 3.73. The Morgan fingerprint density at radius 2 is 1.82 bits per heavy atom. The molecule has 2 aromatic heterocycles. The summed E-state index contributed by atoms with van der Waals surface area (Å²) >= 11 is 1.34. The van der Waals surface area contributed by atoms with Gasteiger partial charge in [-0.25, -0.2) is 9.78 Å². The Labute approximate surface area is 195 Å². The smallest absolute Gasteiger partial charge is 0.339 e. The van der Waals surface area contributed by atoms with Crippen LogP contribution in [0.15, 0.2) is 53.9 Å². The highest BCUT2D eigenvalue weighted by Crippen LogP contribution is 2.30. The SMILES string of the molecule is Cc1ccc(-c2csc(NC(=O)COC(=O)c3c4c(nc5ccccc35)CCCC4)n2)cc1. The fourth-order valence-corrected chi connectivity index (χ4v) is 4.89. The normalized spacial score (nSPS) is 12.9. The number of carbonyl (C=O) groups excluding carboxylic acids is 2. The van der Waals surface area contributed by atoms with Gasteiger partial charge >= 0.3 is 5.97 Å². The average molecular weight is 458 g/mol. The van der Waals surface area contributed by atoms with Gasteiger partial charge in [0.2, 0.25) is 0 Å². The monoisotopic (exact) mass is 457 g/mol. The Kier molecular flexibility index (Phi) is 5.88. The first-order valence-electron chi connectivity index (χ1n) is 11.0. The Morgan fingerprint density at radius 1 is 1.03 bits per heavy atom. The Balaban J connectivity index is 1.29. The number of amides is 1. The van der Waals surface area contributed by atoms with Crippen molar-refractivity contribution in [1.29, 1.82) is 0 Å². The number of carbonyl (C=O) groups is 2. The summed E-state index contributed by atoms with van der Waals surface area (Å²) in [7, 11) is 0. The largest absolute Gasteiger partial charge is 0.452 e. The molecule has 0 unspecified atom stereocenters. The molecule has 5 rings (SSSR count). The number of hydrogen-bond acceptors (Lipinski definition) is 6. The molecule has 2 aromatic carbocycles. The molecular formula is C26H23N3O3S. The van der Waals surface area contributed by atoms with Gasteiger partial charge < -0.3 is 4.74 Å². The molecule has 1 amide bonds. The van der Waals surface area contributed by atoms with Crippen molar-refractivity contribution in [1.82, 2.24) is 9.97 Å². The minimum atomic E-state index is -0.485. The van der Waals surface area contributed by atoms with E-state index in [1.165, 1.54) is 16.9 Å². The number of hydrogen-bond donors (Lipinski definition) is 1. The molecule has 0 atom stereocenters. The number of rotatable bonds is 5. The van der Waals surface area contributed by atoms with Crippen molar-refractivity contribution in [2.24, 2.45) is 0 Å². The third-order valence-corrected chi connectivity index (χ3v) is 6.56. The van der Waals surface area contributed by atoms with Gasteiger partial charge in [0.25, 0.3) is 5.91 Å². The lowest BCUT2D eigenvalue weighted by molar-refractivity contribution is -0.119. The van der Waals surface area contributed by atoms with Gasteiger partial charge in [-0.15, -0.1) is 11.3 Å². The molecule has 2 heterocycles. The van der Waals surface area contributed by atoms with E-state index in [9.17, 15) is 9.59 Å². The summed E-state index contributed by atoms with van der Waals surface area (Å²) in [4.78, 5) is 34.7. The van der Waals surface area contributed by atoms with E-state index in [-0.39, 0.29) is 6.61 Å². The van der Waals surface area contributed by atoms with Crippen LogP contribution in [0.5, 0.6) is 0 Å². The number of thiazole rings is 1. The molecule has 0 saturated heterocycles. The number of anilines is 1.